The van der Waals surface area contributed by atoms with E-state index in [-0.39, 0.29) is 23.7 Å². The largest absolute Gasteiger partial charge is 0.399 e. The molecule has 0 spiro atoms. The molecule has 3 nitrogen and oxygen atoms in total. The Morgan fingerprint density at radius 2 is 1.75 bits per heavy atom. The minimum Gasteiger partial charge on any atom is -0.399 e. The van der Waals surface area contributed by atoms with Crippen LogP contribution in [0.1, 0.15) is 56.0 Å². The number of anilines is 1. The van der Waals surface area contributed by atoms with Crippen LogP contribution in [0, 0.1) is 12.3 Å². The van der Waals surface area contributed by atoms with Crippen LogP contribution in [0.3, 0.4) is 0 Å². The van der Waals surface area contributed by atoms with Crippen LogP contribution in [0.4, 0.5) is 5.69 Å². The lowest BCUT2D eigenvalue weighted by Crippen LogP contribution is -2.36. The summed E-state index contributed by atoms with van der Waals surface area (Å²) in [4.78, 5) is 12.2. The monoisotopic (exact) mass is 298 g/mol. The predicted octanol–water partition coefficient (Wildman–Crippen LogP) is 3.95. The molecule has 0 fully saturated rings. The third-order valence-corrected chi connectivity index (χ3v) is 4.38. The van der Waals surface area contributed by atoms with Gasteiger partial charge in [-0.25, -0.2) is 0 Å². The molecular formula is C16H27ClN2O. The first-order valence-corrected chi connectivity index (χ1v) is 7.12. The molecule has 0 heterocycles. The summed E-state index contributed by atoms with van der Waals surface area (Å²) < 4.78 is 0. The summed E-state index contributed by atoms with van der Waals surface area (Å²) in [6.07, 6.45) is 3.24. The van der Waals surface area contributed by atoms with Crippen molar-refractivity contribution in [3.63, 3.8) is 0 Å². The molecule has 0 aliphatic rings. The van der Waals surface area contributed by atoms with Gasteiger partial charge in [-0.15, -0.1) is 12.4 Å². The molecular weight excluding hydrogens is 272 g/mol. The second kappa shape index (κ2) is 8.15. The third kappa shape index (κ3) is 4.41. The van der Waals surface area contributed by atoms with Gasteiger partial charge >= 0.3 is 0 Å². The van der Waals surface area contributed by atoms with E-state index in [1.165, 1.54) is 0 Å². The van der Waals surface area contributed by atoms with Crippen molar-refractivity contribution in [1.82, 2.24) is 5.32 Å². The summed E-state index contributed by atoms with van der Waals surface area (Å²) in [6.45, 7) is 9.21. The first-order valence-electron chi connectivity index (χ1n) is 7.12. The number of hydrogen-bond donors (Lipinski definition) is 2. The molecule has 0 aliphatic heterocycles. The first-order chi connectivity index (χ1) is 8.98. The Balaban J connectivity index is 0.00000361. The average Bonchev–Trinajstić information content (AvgIpc) is 2.43. The van der Waals surface area contributed by atoms with Crippen LogP contribution in [-0.4, -0.2) is 12.5 Å². The van der Waals surface area contributed by atoms with Crippen LogP contribution in [0.15, 0.2) is 18.2 Å². The Morgan fingerprint density at radius 3 is 2.25 bits per heavy atom. The molecule has 114 valence electrons. The van der Waals surface area contributed by atoms with E-state index < -0.39 is 0 Å². The van der Waals surface area contributed by atoms with Crippen LogP contribution < -0.4 is 11.1 Å². The van der Waals surface area contributed by atoms with E-state index in [9.17, 15) is 4.79 Å². The van der Waals surface area contributed by atoms with Crippen LogP contribution in [0.5, 0.6) is 0 Å². The van der Waals surface area contributed by atoms with E-state index in [1.54, 1.807) is 6.07 Å². The number of carbonyl (C=O) groups excluding carboxylic acids is 1. The Labute approximate surface area is 128 Å². The van der Waals surface area contributed by atoms with Crippen molar-refractivity contribution < 1.29 is 4.79 Å². The highest BCUT2D eigenvalue weighted by atomic mass is 35.5. The number of aryl methyl sites for hydroxylation is 1. The molecule has 0 saturated heterocycles. The zero-order valence-corrected chi connectivity index (χ0v) is 13.8. The van der Waals surface area contributed by atoms with Crippen molar-refractivity contribution in [1.29, 1.82) is 0 Å². The highest BCUT2D eigenvalue weighted by Crippen LogP contribution is 2.29. The maximum absolute atomic E-state index is 12.2. The fraction of sp³-hybridized carbons (Fsp3) is 0.562. The van der Waals surface area contributed by atoms with Gasteiger partial charge in [-0.1, -0.05) is 26.8 Å². The number of nitrogens with one attached hydrogen (secondary N) is 1. The maximum Gasteiger partial charge on any atom is 0.251 e. The van der Waals surface area contributed by atoms with E-state index in [2.05, 4.69) is 26.1 Å². The van der Waals surface area contributed by atoms with E-state index in [1.807, 2.05) is 19.1 Å². The third-order valence-electron chi connectivity index (χ3n) is 4.38. The lowest BCUT2D eigenvalue weighted by molar-refractivity contribution is 0.0923. The summed E-state index contributed by atoms with van der Waals surface area (Å²) in [5.74, 6) is -0.0236. The molecule has 1 aromatic rings. The summed E-state index contributed by atoms with van der Waals surface area (Å²) in [5.41, 5.74) is 8.22. The zero-order valence-electron chi connectivity index (χ0n) is 13.0. The number of carbonyl (C=O) groups is 1. The first kappa shape index (κ1) is 18.8. The van der Waals surface area contributed by atoms with Crippen LogP contribution in [0.25, 0.3) is 0 Å². The number of hydrogen-bond acceptors (Lipinski definition) is 2. The van der Waals surface area contributed by atoms with Gasteiger partial charge < -0.3 is 11.1 Å². The fourth-order valence-electron chi connectivity index (χ4n) is 2.37. The van der Waals surface area contributed by atoms with Crippen molar-refractivity contribution in [2.24, 2.45) is 5.41 Å². The number of nitrogen functional groups attached to an aromatic ring is 1. The van der Waals surface area contributed by atoms with Crippen molar-refractivity contribution in [3.8, 4) is 0 Å². The maximum atomic E-state index is 12.2. The molecule has 1 rings (SSSR count). The van der Waals surface area contributed by atoms with Gasteiger partial charge in [-0.3, -0.25) is 4.79 Å². The topological polar surface area (TPSA) is 55.1 Å². The molecule has 4 heteroatoms. The summed E-state index contributed by atoms with van der Waals surface area (Å²) in [6, 6.07) is 5.45. The van der Waals surface area contributed by atoms with Crippen molar-refractivity contribution in [2.45, 2.75) is 47.0 Å². The normalized spacial score (nSPS) is 10.8. The molecule has 0 aromatic heterocycles. The molecule has 0 aliphatic carbocycles. The highest BCUT2D eigenvalue weighted by Gasteiger charge is 2.24. The standard InChI is InChI=1S/C16H26N2O.ClH/c1-5-16(6-2,7-3)11-18-15(19)14-10-13(17)9-8-12(14)4;/h8-10H,5-7,11,17H2,1-4H3,(H,18,19);1H. The van der Waals surface area contributed by atoms with Crippen molar-refractivity contribution in [3.05, 3.63) is 29.3 Å². The quantitative estimate of drug-likeness (QED) is 0.781. The molecule has 0 bridgehead atoms. The van der Waals surface area contributed by atoms with E-state index in [0.717, 1.165) is 31.4 Å². The van der Waals surface area contributed by atoms with Gasteiger partial charge in [0.25, 0.3) is 5.91 Å². The second-order valence-corrected chi connectivity index (χ2v) is 5.32. The van der Waals surface area contributed by atoms with Gasteiger partial charge in [-0.2, -0.15) is 0 Å². The van der Waals surface area contributed by atoms with Gasteiger partial charge in [0.2, 0.25) is 0 Å². The average molecular weight is 299 g/mol. The number of rotatable bonds is 6. The lowest BCUT2D eigenvalue weighted by Gasteiger charge is -2.30. The van der Waals surface area contributed by atoms with E-state index >= 15 is 0 Å². The molecule has 0 unspecified atom stereocenters. The highest BCUT2D eigenvalue weighted by molar-refractivity contribution is 5.96. The van der Waals surface area contributed by atoms with Crippen LogP contribution >= 0.6 is 12.4 Å². The minimum absolute atomic E-state index is 0. The Kier molecular flexibility index (Phi) is 7.66. The fourth-order valence-corrected chi connectivity index (χ4v) is 2.37. The smallest absolute Gasteiger partial charge is 0.251 e. The second-order valence-electron chi connectivity index (χ2n) is 5.32. The van der Waals surface area contributed by atoms with Gasteiger partial charge in [0.15, 0.2) is 0 Å². The molecule has 3 N–H and O–H groups in total. The van der Waals surface area contributed by atoms with E-state index in [4.69, 9.17) is 5.73 Å². The number of amides is 1. The minimum atomic E-state index is -0.0236. The zero-order chi connectivity index (χ0) is 14.5. The number of nitrogens with two attached hydrogens (primary N) is 1. The summed E-state index contributed by atoms with van der Waals surface area (Å²) in [5, 5.41) is 3.07. The summed E-state index contributed by atoms with van der Waals surface area (Å²) >= 11 is 0. The Morgan fingerprint density at radius 1 is 1.20 bits per heavy atom. The molecule has 0 radical (unpaired) electrons. The van der Waals surface area contributed by atoms with Crippen LogP contribution in [0.2, 0.25) is 0 Å². The molecule has 0 saturated carbocycles. The molecule has 1 amide bonds. The molecule has 20 heavy (non-hydrogen) atoms. The summed E-state index contributed by atoms with van der Waals surface area (Å²) in [7, 11) is 0. The van der Waals surface area contributed by atoms with Crippen molar-refractivity contribution >= 4 is 24.0 Å². The Hall–Kier alpha value is -1.22. The van der Waals surface area contributed by atoms with Crippen molar-refractivity contribution in [2.75, 3.05) is 12.3 Å². The molecule has 1 aromatic carbocycles. The van der Waals surface area contributed by atoms with E-state index in [0.29, 0.717) is 11.3 Å². The van der Waals surface area contributed by atoms with Gasteiger partial charge in [0.05, 0.1) is 0 Å². The Bertz CT molecular complexity index is 434. The molecule has 0 atom stereocenters. The number of halogens is 1. The lowest BCUT2D eigenvalue weighted by atomic mass is 9.80. The van der Waals surface area contributed by atoms with Crippen LogP contribution in [-0.2, 0) is 0 Å². The van der Waals surface area contributed by atoms with Gasteiger partial charge in [0.1, 0.15) is 0 Å². The number of benzene rings is 1. The van der Waals surface area contributed by atoms with Gasteiger partial charge in [0, 0.05) is 17.8 Å². The SMILES string of the molecule is CCC(CC)(CC)CNC(=O)c1cc(N)ccc1C.Cl. The van der Waals surface area contributed by atoms with Gasteiger partial charge in [-0.05, 0) is 49.3 Å². The predicted molar refractivity (Wildman–Crippen MR) is 88.5 cm³/mol.